The number of piperidine rings is 1. The summed E-state index contributed by atoms with van der Waals surface area (Å²) in [4.78, 5) is 7.02. The molecule has 0 saturated carbocycles. The predicted molar refractivity (Wildman–Crippen MR) is 87.5 cm³/mol. The van der Waals surface area contributed by atoms with Crippen LogP contribution >= 0.6 is 0 Å². The third kappa shape index (κ3) is 4.69. The van der Waals surface area contributed by atoms with E-state index in [1.807, 2.05) is 6.20 Å². The molecule has 3 nitrogen and oxygen atoms in total. The highest BCUT2D eigenvalue weighted by atomic mass is 15.2. The van der Waals surface area contributed by atoms with Crippen LogP contribution in [0.15, 0.2) is 18.3 Å². The predicted octanol–water partition coefficient (Wildman–Crippen LogP) is 4.45. The molecule has 0 bridgehead atoms. The average molecular weight is 275 g/mol. The molecule has 0 aromatic carbocycles. The van der Waals surface area contributed by atoms with Crippen molar-refractivity contribution >= 4 is 11.5 Å². The van der Waals surface area contributed by atoms with Gasteiger partial charge in [-0.3, -0.25) is 0 Å². The van der Waals surface area contributed by atoms with Gasteiger partial charge in [0.25, 0.3) is 0 Å². The van der Waals surface area contributed by atoms with Crippen LogP contribution in [0.5, 0.6) is 0 Å². The molecule has 1 saturated heterocycles. The summed E-state index contributed by atoms with van der Waals surface area (Å²) in [6, 6.07) is 4.86. The van der Waals surface area contributed by atoms with Crippen molar-refractivity contribution in [3.63, 3.8) is 0 Å². The van der Waals surface area contributed by atoms with E-state index in [0.29, 0.717) is 6.04 Å². The summed E-state index contributed by atoms with van der Waals surface area (Å²) in [6.45, 7) is 6.83. The van der Waals surface area contributed by atoms with Crippen LogP contribution in [0.2, 0.25) is 0 Å². The third-order valence-corrected chi connectivity index (χ3v) is 4.08. The van der Waals surface area contributed by atoms with Crippen molar-refractivity contribution in [2.24, 2.45) is 0 Å². The number of anilines is 2. The highest BCUT2D eigenvalue weighted by Crippen LogP contribution is 2.19. The molecule has 0 aliphatic carbocycles. The number of rotatable bonds is 7. The van der Waals surface area contributed by atoms with Gasteiger partial charge in [-0.2, -0.15) is 0 Å². The van der Waals surface area contributed by atoms with E-state index in [-0.39, 0.29) is 0 Å². The van der Waals surface area contributed by atoms with Crippen LogP contribution in [0, 0.1) is 0 Å². The second kappa shape index (κ2) is 8.13. The minimum Gasteiger partial charge on any atom is -0.381 e. The lowest BCUT2D eigenvalue weighted by Gasteiger charge is -2.27. The molecule has 3 heteroatoms. The maximum atomic E-state index is 4.62. The summed E-state index contributed by atoms with van der Waals surface area (Å²) in [6.07, 6.45) is 11.1. The largest absolute Gasteiger partial charge is 0.381 e. The number of nitrogens with zero attached hydrogens (tertiary/aromatic N) is 2. The van der Waals surface area contributed by atoms with Crippen LogP contribution in [-0.4, -0.2) is 24.1 Å². The first kappa shape index (κ1) is 15.1. The molecule has 1 atom stereocenters. The summed E-state index contributed by atoms with van der Waals surface area (Å²) in [5.41, 5.74) is 1.15. The molecule has 1 aliphatic heterocycles. The van der Waals surface area contributed by atoms with Crippen molar-refractivity contribution in [3.05, 3.63) is 18.3 Å². The maximum absolute atomic E-state index is 4.62. The van der Waals surface area contributed by atoms with E-state index in [1.54, 1.807) is 0 Å². The Balaban J connectivity index is 1.81. The number of hydrogen-bond acceptors (Lipinski definition) is 3. The highest BCUT2D eigenvalue weighted by Gasteiger charge is 2.11. The van der Waals surface area contributed by atoms with E-state index in [9.17, 15) is 0 Å². The van der Waals surface area contributed by atoms with Gasteiger partial charge < -0.3 is 10.2 Å². The van der Waals surface area contributed by atoms with Crippen LogP contribution < -0.4 is 10.2 Å². The first-order valence-corrected chi connectivity index (χ1v) is 8.27. The Labute approximate surface area is 123 Å². The van der Waals surface area contributed by atoms with Gasteiger partial charge in [-0.15, -0.1) is 0 Å². The van der Waals surface area contributed by atoms with Gasteiger partial charge in [0.15, 0.2) is 0 Å². The van der Waals surface area contributed by atoms with Gasteiger partial charge in [0.05, 0.1) is 11.9 Å². The van der Waals surface area contributed by atoms with Crippen LogP contribution in [0.1, 0.15) is 58.8 Å². The summed E-state index contributed by atoms with van der Waals surface area (Å²) >= 11 is 0. The van der Waals surface area contributed by atoms with Gasteiger partial charge in [0.2, 0.25) is 0 Å². The minimum atomic E-state index is 0.532. The van der Waals surface area contributed by atoms with E-state index in [1.165, 1.54) is 44.9 Å². The lowest BCUT2D eigenvalue weighted by Crippen LogP contribution is -2.30. The fraction of sp³-hybridized carbons (Fsp3) is 0.706. The van der Waals surface area contributed by atoms with Gasteiger partial charge in [-0.25, -0.2) is 4.98 Å². The molecule has 1 N–H and O–H groups in total. The Morgan fingerprint density at radius 2 is 2.00 bits per heavy atom. The fourth-order valence-electron chi connectivity index (χ4n) is 2.84. The van der Waals surface area contributed by atoms with Crippen molar-refractivity contribution in [2.75, 3.05) is 23.3 Å². The monoisotopic (exact) mass is 275 g/mol. The zero-order chi connectivity index (χ0) is 14.2. The molecule has 112 valence electrons. The molecular weight excluding hydrogens is 246 g/mol. The van der Waals surface area contributed by atoms with Gasteiger partial charge in [0, 0.05) is 19.1 Å². The van der Waals surface area contributed by atoms with Crippen molar-refractivity contribution in [3.8, 4) is 0 Å². The lowest BCUT2D eigenvalue weighted by atomic mass is 10.1. The summed E-state index contributed by atoms with van der Waals surface area (Å²) < 4.78 is 0. The summed E-state index contributed by atoms with van der Waals surface area (Å²) in [5.74, 6) is 1.13. The fourth-order valence-corrected chi connectivity index (χ4v) is 2.84. The topological polar surface area (TPSA) is 28.2 Å². The second-order valence-electron chi connectivity index (χ2n) is 5.99. The number of aromatic nitrogens is 1. The molecule has 2 rings (SSSR count). The zero-order valence-corrected chi connectivity index (χ0v) is 13.1. The Hall–Kier alpha value is -1.25. The summed E-state index contributed by atoms with van der Waals surface area (Å²) in [5, 5.41) is 3.55. The standard InChI is InChI=1S/C17H29N3/c1-3-4-6-9-15(2)19-16-10-11-17(18-14-16)20-12-7-5-8-13-20/h10-11,14-15,19H,3-9,12-13H2,1-2H3. The Morgan fingerprint density at radius 3 is 2.65 bits per heavy atom. The number of hydrogen-bond donors (Lipinski definition) is 1. The van der Waals surface area contributed by atoms with Crippen molar-refractivity contribution in [2.45, 2.75) is 64.8 Å². The molecule has 0 radical (unpaired) electrons. The minimum absolute atomic E-state index is 0.532. The third-order valence-electron chi connectivity index (χ3n) is 4.08. The lowest BCUT2D eigenvalue weighted by molar-refractivity contribution is 0.573. The molecular formula is C17H29N3. The zero-order valence-electron chi connectivity index (χ0n) is 13.1. The Kier molecular flexibility index (Phi) is 6.16. The molecule has 1 aromatic rings. The van der Waals surface area contributed by atoms with Gasteiger partial charge in [0.1, 0.15) is 5.82 Å². The smallest absolute Gasteiger partial charge is 0.128 e. The maximum Gasteiger partial charge on any atom is 0.128 e. The van der Waals surface area contributed by atoms with Crippen LogP contribution in [0.4, 0.5) is 11.5 Å². The number of nitrogens with one attached hydrogen (secondary N) is 1. The van der Waals surface area contributed by atoms with E-state index in [2.05, 4.69) is 41.2 Å². The average Bonchev–Trinajstić information content (AvgIpc) is 2.49. The van der Waals surface area contributed by atoms with Crippen molar-refractivity contribution < 1.29 is 0 Å². The molecule has 0 spiro atoms. The molecule has 20 heavy (non-hydrogen) atoms. The van der Waals surface area contributed by atoms with E-state index < -0.39 is 0 Å². The van der Waals surface area contributed by atoms with Crippen LogP contribution in [0.25, 0.3) is 0 Å². The molecule has 1 fully saturated rings. The first-order chi connectivity index (χ1) is 9.79. The molecule has 1 unspecified atom stereocenters. The number of pyridine rings is 1. The summed E-state index contributed by atoms with van der Waals surface area (Å²) in [7, 11) is 0. The SMILES string of the molecule is CCCCCC(C)Nc1ccc(N2CCCCC2)nc1. The molecule has 1 aromatic heterocycles. The molecule has 0 amide bonds. The first-order valence-electron chi connectivity index (χ1n) is 8.27. The Morgan fingerprint density at radius 1 is 1.20 bits per heavy atom. The van der Waals surface area contributed by atoms with Gasteiger partial charge in [-0.1, -0.05) is 26.2 Å². The van der Waals surface area contributed by atoms with Crippen LogP contribution in [-0.2, 0) is 0 Å². The molecule has 2 heterocycles. The molecule has 1 aliphatic rings. The van der Waals surface area contributed by atoms with Crippen molar-refractivity contribution in [1.29, 1.82) is 0 Å². The van der Waals surface area contributed by atoms with E-state index >= 15 is 0 Å². The Bertz CT molecular complexity index is 368. The normalized spacial score (nSPS) is 17.0. The van der Waals surface area contributed by atoms with Crippen molar-refractivity contribution in [1.82, 2.24) is 4.98 Å². The van der Waals surface area contributed by atoms with Crippen LogP contribution in [0.3, 0.4) is 0 Å². The number of unbranched alkanes of at least 4 members (excludes halogenated alkanes) is 2. The van der Waals surface area contributed by atoms with Gasteiger partial charge >= 0.3 is 0 Å². The van der Waals surface area contributed by atoms with Gasteiger partial charge in [-0.05, 0) is 44.7 Å². The second-order valence-corrected chi connectivity index (χ2v) is 5.99. The van der Waals surface area contributed by atoms with E-state index in [0.717, 1.165) is 24.6 Å². The van der Waals surface area contributed by atoms with E-state index in [4.69, 9.17) is 0 Å². The quantitative estimate of drug-likeness (QED) is 0.745. The highest BCUT2D eigenvalue weighted by molar-refractivity contribution is 5.49.